The van der Waals surface area contributed by atoms with E-state index in [4.69, 9.17) is 9.57 Å². The zero-order chi connectivity index (χ0) is 25.6. The Morgan fingerprint density at radius 2 is 1.94 bits per heavy atom. The molecule has 5 atom stereocenters. The van der Waals surface area contributed by atoms with Gasteiger partial charge in [-0.1, -0.05) is 42.4 Å². The number of amides is 1. The molecule has 3 aliphatic heterocycles. The van der Waals surface area contributed by atoms with E-state index >= 15 is 0 Å². The summed E-state index contributed by atoms with van der Waals surface area (Å²) in [7, 11) is 0. The molecule has 0 radical (unpaired) electrons. The number of fused-ring (bicyclic) bond motifs is 1. The second kappa shape index (κ2) is 9.19. The highest BCUT2D eigenvalue weighted by Crippen LogP contribution is 2.47. The Bertz CT molecular complexity index is 1270. The number of nitro benzene ring substituents is 1. The van der Waals surface area contributed by atoms with Crippen molar-refractivity contribution < 1.29 is 29.2 Å². The number of rotatable bonds is 7. The number of aliphatic hydroxyl groups excluding tert-OH is 1. The molecule has 0 aromatic heterocycles. The number of β-lactam (4-membered cyclic amide) rings is 1. The maximum Gasteiger partial charge on any atom is 0.355 e. The lowest BCUT2D eigenvalue weighted by Crippen LogP contribution is -2.61. The summed E-state index contributed by atoms with van der Waals surface area (Å²) in [6.07, 6.45) is -1.04. The van der Waals surface area contributed by atoms with Crippen LogP contribution in [0.1, 0.15) is 31.4 Å². The Balaban J connectivity index is 1.40. The van der Waals surface area contributed by atoms with E-state index in [1.54, 1.807) is 6.92 Å². The minimum absolute atomic E-state index is 0.0642. The first-order chi connectivity index (χ1) is 17.3. The first-order valence-electron chi connectivity index (χ1n) is 11.7. The maximum atomic E-state index is 13.3. The Kier molecular flexibility index (Phi) is 6.05. The van der Waals surface area contributed by atoms with Crippen molar-refractivity contribution in [3.63, 3.8) is 0 Å². The van der Waals surface area contributed by atoms with Gasteiger partial charge in [0.15, 0.2) is 6.10 Å². The zero-order valence-corrected chi connectivity index (χ0v) is 19.7. The highest BCUT2D eigenvalue weighted by molar-refractivity contribution is 6.04. The third-order valence-corrected chi connectivity index (χ3v) is 7.04. The zero-order valence-electron chi connectivity index (χ0n) is 19.7. The van der Waals surface area contributed by atoms with Crippen LogP contribution in [-0.4, -0.2) is 50.8 Å². The van der Waals surface area contributed by atoms with E-state index in [0.29, 0.717) is 17.6 Å². The molecule has 0 aliphatic carbocycles. The van der Waals surface area contributed by atoms with Crippen LogP contribution in [0.2, 0.25) is 0 Å². The number of non-ortho nitro benzene ring substituents is 1. The van der Waals surface area contributed by atoms with Crippen molar-refractivity contribution in [1.82, 2.24) is 4.90 Å². The van der Waals surface area contributed by atoms with Crippen molar-refractivity contribution in [3.05, 3.63) is 87.1 Å². The van der Waals surface area contributed by atoms with Crippen molar-refractivity contribution in [2.45, 2.75) is 45.1 Å². The molecule has 0 spiro atoms. The fourth-order valence-corrected chi connectivity index (χ4v) is 5.20. The van der Waals surface area contributed by atoms with Crippen molar-refractivity contribution in [3.8, 4) is 0 Å². The normalized spacial score (nSPS) is 25.6. The van der Waals surface area contributed by atoms with Gasteiger partial charge in [0, 0.05) is 23.6 Å². The minimum Gasteiger partial charge on any atom is -0.456 e. The lowest BCUT2D eigenvalue weighted by Gasteiger charge is -2.44. The number of carbonyl (C=O) groups excluding carboxylic acids is 2. The van der Waals surface area contributed by atoms with E-state index < -0.39 is 29.0 Å². The van der Waals surface area contributed by atoms with Gasteiger partial charge < -0.3 is 19.6 Å². The molecular formula is C26H25N3O7. The van der Waals surface area contributed by atoms with Crippen LogP contribution in [-0.2, 0) is 25.8 Å². The molecule has 2 aromatic rings. The van der Waals surface area contributed by atoms with Gasteiger partial charge in [-0.15, -0.1) is 0 Å². The predicted molar refractivity (Wildman–Crippen MR) is 127 cm³/mol. The van der Waals surface area contributed by atoms with Gasteiger partial charge >= 0.3 is 5.97 Å². The van der Waals surface area contributed by atoms with Crippen LogP contribution in [0, 0.1) is 22.0 Å². The van der Waals surface area contributed by atoms with Gasteiger partial charge in [0.25, 0.3) is 5.69 Å². The molecule has 10 nitrogen and oxygen atoms in total. The Morgan fingerprint density at radius 3 is 2.58 bits per heavy atom. The topological polar surface area (TPSA) is 132 Å². The standard InChI is InChI=1S/C26H25N3O7/c1-14-22(17-6-4-3-5-7-17)27-36-24(14)19-12-20-21(15(2)30)25(31)28(20)23(19)26(32)35-13-16-8-10-18(11-9-16)29(33)34/h3-11,14-15,20-21,24,30H,12-13H2,1-2H3/t14-,15+,20+,21+,24+/m0/s1. The molecule has 1 saturated heterocycles. The van der Waals surface area contributed by atoms with Gasteiger partial charge in [0.2, 0.25) is 5.91 Å². The molecular weight excluding hydrogens is 466 g/mol. The number of ether oxygens (including phenoxy) is 1. The third-order valence-electron chi connectivity index (χ3n) is 7.04. The molecule has 1 amide bonds. The molecule has 3 heterocycles. The molecule has 10 heteroatoms. The fraction of sp³-hybridized carbons (Fsp3) is 0.346. The summed E-state index contributed by atoms with van der Waals surface area (Å²) >= 11 is 0. The number of nitrogens with zero attached hydrogens (tertiary/aromatic N) is 3. The molecule has 3 aliphatic rings. The van der Waals surface area contributed by atoms with E-state index in [1.165, 1.54) is 29.2 Å². The molecule has 0 unspecified atom stereocenters. The first-order valence-corrected chi connectivity index (χ1v) is 11.7. The van der Waals surface area contributed by atoms with Crippen molar-refractivity contribution in [2.75, 3.05) is 0 Å². The average molecular weight is 492 g/mol. The molecule has 0 saturated carbocycles. The summed E-state index contributed by atoms with van der Waals surface area (Å²) in [4.78, 5) is 43.8. The number of esters is 1. The van der Waals surface area contributed by atoms with Crippen molar-refractivity contribution >= 4 is 23.3 Å². The highest BCUT2D eigenvalue weighted by atomic mass is 16.6. The predicted octanol–water partition coefficient (Wildman–Crippen LogP) is 2.94. The monoisotopic (exact) mass is 491 g/mol. The van der Waals surface area contributed by atoms with E-state index in [2.05, 4.69) is 5.16 Å². The van der Waals surface area contributed by atoms with Gasteiger partial charge in [-0.3, -0.25) is 14.9 Å². The Labute approximate surface area is 206 Å². The summed E-state index contributed by atoms with van der Waals surface area (Å²) in [6.45, 7) is 3.41. The van der Waals surface area contributed by atoms with Gasteiger partial charge in [-0.2, -0.15) is 0 Å². The van der Waals surface area contributed by atoms with Crippen LogP contribution < -0.4 is 0 Å². The lowest BCUT2D eigenvalue weighted by molar-refractivity contribution is -0.384. The molecule has 0 bridgehead atoms. The van der Waals surface area contributed by atoms with Gasteiger partial charge in [0.1, 0.15) is 12.3 Å². The third kappa shape index (κ3) is 3.93. The number of hydrogen-bond acceptors (Lipinski definition) is 8. The molecule has 2 aromatic carbocycles. The fourth-order valence-electron chi connectivity index (χ4n) is 5.20. The summed E-state index contributed by atoms with van der Waals surface area (Å²) in [6, 6.07) is 14.9. The van der Waals surface area contributed by atoms with Crippen LogP contribution in [0.15, 0.2) is 71.0 Å². The largest absolute Gasteiger partial charge is 0.456 e. The van der Waals surface area contributed by atoms with E-state index in [-0.39, 0.29) is 35.9 Å². The summed E-state index contributed by atoms with van der Waals surface area (Å²) in [5.74, 6) is -1.81. The molecule has 36 heavy (non-hydrogen) atoms. The van der Waals surface area contributed by atoms with Crippen LogP contribution in [0.5, 0.6) is 0 Å². The van der Waals surface area contributed by atoms with Gasteiger partial charge in [-0.05, 0) is 36.6 Å². The van der Waals surface area contributed by atoms with Crippen LogP contribution in [0.3, 0.4) is 0 Å². The number of benzene rings is 2. The second-order valence-corrected chi connectivity index (χ2v) is 9.28. The quantitative estimate of drug-likeness (QED) is 0.273. The lowest BCUT2D eigenvalue weighted by atomic mass is 9.81. The van der Waals surface area contributed by atoms with Crippen molar-refractivity contribution in [1.29, 1.82) is 0 Å². The SMILES string of the molecule is C[C@@H](O)[C@H]1C(=O)N2C(C(=O)OCc3ccc([N+](=O)[O-])cc3)=C([C@@H]3ON=C(c4ccccc4)[C@@H]3C)C[C@H]12. The van der Waals surface area contributed by atoms with E-state index in [0.717, 1.165) is 11.3 Å². The molecule has 5 rings (SSSR count). The average Bonchev–Trinajstić information content (AvgIpc) is 3.40. The van der Waals surface area contributed by atoms with Crippen LogP contribution in [0.4, 0.5) is 5.69 Å². The molecule has 1 N–H and O–H groups in total. The number of carbonyl (C=O) groups is 2. The van der Waals surface area contributed by atoms with Gasteiger partial charge in [-0.25, -0.2) is 4.79 Å². The second-order valence-electron chi connectivity index (χ2n) is 9.28. The first kappa shape index (κ1) is 23.7. The minimum atomic E-state index is -0.853. The molecule has 186 valence electrons. The number of aliphatic hydroxyl groups is 1. The Morgan fingerprint density at radius 1 is 1.25 bits per heavy atom. The number of nitro groups is 1. The summed E-state index contributed by atoms with van der Waals surface area (Å²) in [5, 5.41) is 25.3. The van der Waals surface area contributed by atoms with E-state index in [1.807, 2.05) is 37.3 Å². The molecule has 1 fully saturated rings. The highest BCUT2D eigenvalue weighted by Gasteiger charge is 2.59. The summed E-state index contributed by atoms with van der Waals surface area (Å²) in [5.41, 5.74) is 2.92. The van der Waals surface area contributed by atoms with Gasteiger partial charge in [0.05, 0.1) is 28.7 Å². The number of oxime groups is 1. The van der Waals surface area contributed by atoms with E-state index in [9.17, 15) is 24.8 Å². The maximum absolute atomic E-state index is 13.3. The van der Waals surface area contributed by atoms with Crippen LogP contribution >= 0.6 is 0 Å². The van der Waals surface area contributed by atoms with Crippen molar-refractivity contribution in [2.24, 2.45) is 17.0 Å². The van der Waals surface area contributed by atoms with Crippen LogP contribution in [0.25, 0.3) is 0 Å². The summed E-state index contributed by atoms with van der Waals surface area (Å²) < 4.78 is 5.53. The Hall–Kier alpha value is -4.05. The number of hydrogen-bond donors (Lipinski definition) is 1. The smallest absolute Gasteiger partial charge is 0.355 e.